The van der Waals surface area contributed by atoms with Gasteiger partial charge in [-0.05, 0) is 29.3 Å². The SMILES string of the molecule is N#CC(=Cc1ccc(N2CCOCC2)cc1)c1ccccc1. The fourth-order valence-electron chi connectivity index (χ4n) is 2.57. The fraction of sp³-hybridized carbons (Fsp3) is 0.211. The highest BCUT2D eigenvalue weighted by Crippen LogP contribution is 2.21. The van der Waals surface area contributed by atoms with E-state index < -0.39 is 0 Å². The number of morpholine rings is 1. The van der Waals surface area contributed by atoms with Crippen LogP contribution in [0.5, 0.6) is 0 Å². The Morgan fingerprint density at radius 3 is 2.32 bits per heavy atom. The maximum atomic E-state index is 9.36. The Bertz CT molecular complexity index is 678. The van der Waals surface area contributed by atoms with Crippen LogP contribution in [0.4, 0.5) is 5.69 Å². The number of nitrogens with zero attached hydrogens (tertiary/aromatic N) is 2. The second kappa shape index (κ2) is 6.93. The molecule has 0 N–H and O–H groups in total. The lowest BCUT2D eigenvalue weighted by atomic mass is 10.0. The van der Waals surface area contributed by atoms with Crippen molar-refractivity contribution in [3.05, 3.63) is 65.7 Å². The van der Waals surface area contributed by atoms with Crippen molar-refractivity contribution in [3.63, 3.8) is 0 Å². The third kappa shape index (κ3) is 3.36. The van der Waals surface area contributed by atoms with Crippen LogP contribution in [0.1, 0.15) is 11.1 Å². The lowest BCUT2D eigenvalue weighted by Gasteiger charge is -2.28. The highest BCUT2D eigenvalue weighted by atomic mass is 16.5. The summed E-state index contributed by atoms with van der Waals surface area (Å²) in [6, 6.07) is 20.4. The van der Waals surface area contributed by atoms with Gasteiger partial charge in [-0.2, -0.15) is 5.26 Å². The molecule has 3 nitrogen and oxygen atoms in total. The number of ether oxygens (including phenoxy) is 1. The van der Waals surface area contributed by atoms with Gasteiger partial charge in [-0.25, -0.2) is 0 Å². The minimum absolute atomic E-state index is 0.680. The molecule has 0 unspecified atom stereocenters. The van der Waals surface area contributed by atoms with Gasteiger partial charge in [-0.3, -0.25) is 0 Å². The Morgan fingerprint density at radius 1 is 1.00 bits per heavy atom. The average molecular weight is 290 g/mol. The largest absolute Gasteiger partial charge is 0.378 e. The Kier molecular flexibility index (Phi) is 4.53. The van der Waals surface area contributed by atoms with Crippen LogP contribution in [0, 0.1) is 11.3 Å². The number of allylic oxidation sites excluding steroid dienone is 1. The summed E-state index contributed by atoms with van der Waals surface area (Å²) < 4.78 is 5.37. The molecule has 22 heavy (non-hydrogen) atoms. The van der Waals surface area contributed by atoms with Gasteiger partial charge in [-0.15, -0.1) is 0 Å². The van der Waals surface area contributed by atoms with Crippen LogP contribution in [0.2, 0.25) is 0 Å². The molecular formula is C19H18N2O. The number of benzene rings is 2. The Labute approximate surface area is 131 Å². The number of anilines is 1. The summed E-state index contributed by atoms with van der Waals surface area (Å²) in [5, 5.41) is 9.36. The van der Waals surface area contributed by atoms with Crippen molar-refractivity contribution in [2.45, 2.75) is 0 Å². The highest BCUT2D eigenvalue weighted by molar-refractivity contribution is 5.89. The Balaban J connectivity index is 1.80. The predicted molar refractivity (Wildman–Crippen MR) is 89.4 cm³/mol. The molecule has 0 aliphatic carbocycles. The highest BCUT2D eigenvalue weighted by Gasteiger charge is 2.10. The van der Waals surface area contributed by atoms with Crippen molar-refractivity contribution in [2.75, 3.05) is 31.2 Å². The van der Waals surface area contributed by atoms with Gasteiger partial charge >= 0.3 is 0 Å². The van der Waals surface area contributed by atoms with Crippen molar-refractivity contribution in [2.24, 2.45) is 0 Å². The molecule has 1 fully saturated rings. The van der Waals surface area contributed by atoms with Crippen LogP contribution >= 0.6 is 0 Å². The molecule has 2 aromatic rings. The van der Waals surface area contributed by atoms with E-state index in [4.69, 9.17) is 4.74 Å². The fourth-order valence-corrected chi connectivity index (χ4v) is 2.57. The third-order valence-electron chi connectivity index (χ3n) is 3.79. The van der Waals surface area contributed by atoms with Gasteiger partial charge in [-0.1, -0.05) is 42.5 Å². The van der Waals surface area contributed by atoms with E-state index in [2.05, 4.69) is 35.2 Å². The van der Waals surface area contributed by atoms with Crippen molar-refractivity contribution in [3.8, 4) is 6.07 Å². The van der Waals surface area contributed by atoms with Gasteiger partial charge in [0.1, 0.15) is 0 Å². The molecule has 0 radical (unpaired) electrons. The molecule has 110 valence electrons. The van der Waals surface area contributed by atoms with Gasteiger partial charge < -0.3 is 9.64 Å². The van der Waals surface area contributed by atoms with Gasteiger partial charge in [0.2, 0.25) is 0 Å². The van der Waals surface area contributed by atoms with E-state index in [9.17, 15) is 5.26 Å². The molecule has 1 saturated heterocycles. The first-order chi connectivity index (χ1) is 10.9. The number of rotatable bonds is 3. The Morgan fingerprint density at radius 2 is 1.68 bits per heavy atom. The van der Waals surface area contributed by atoms with Gasteiger partial charge in [0, 0.05) is 18.8 Å². The van der Waals surface area contributed by atoms with Gasteiger partial charge in [0.15, 0.2) is 0 Å². The summed E-state index contributed by atoms with van der Waals surface area (Å²) in [7, 11) is 0. The lowest BCUT2D eigenvalue weighted by molar-refractivity contribution is 0.122. The molecule has 2 aromatic carbocycles. The van der Waals surface area contributed by atoms with E-state index in [1.165, 1.54) is 5.69 Å². The number of hydrogen-bond acceptors (Lipinski definition) is 3. The van der Waals surface area contributed by atoms with Crippen molar-refractivity contribution >= 4 is 17.3 Å². The lowest BCUT2D eigenvalue weighted by Crippen LogP contribution is -2.36. The van der Waals surface area contributed by atoms with Gasteiger partial charge in [0.25, 0.3) is 0 Å². The molecule has 1 aliphatic rings. The summed E-state index contributed by atoms with van der Waals surface area (Å²) in [5.41, 5.74) is 3.87. The van der Waals surface area contributed by atoms with Crippen LogP contribution in [-0.4, -0.2) is 26.3 Å². The first kappa shape index (κ1) is 14.4. The second-order valence-corrected chi connectivity index (χ2v) is 5.23. The topological polar surface area (TPSA) is 36.3 Å². The molecule has 0 bridgehead atoms. The van der Waals surface area contributed by atoms with Crippen LogP contribution in [0.25, 0.3) is 11.6 Å². The number of hydrogen-bond donors (Lipinski definition) is 0. The monoisotopic (exact) mass is 290 g/mol. The first-order valence-corrected chi connectivity index (χ1v) is 7.47. The van der Waals surface area contributed by atoms with Crippen LogP contribution < -0.4 is 4.90 Å². The van der Waals surface area contributed by atoms with Crippen molar-refractivity contribution in [1.82, 2.24) is 0 Å². The van der Waals surface area contributed by atoms with E-state index >= 15 is 0 Å². The van der Waals surface area contributed by atoms with E-state index in [0.717, 1.165) is 37.4 Å². The zero-order valence-electron chi connectivity index (χ0n) is 12.4. The standard InChI is InChI=1S/C19H18N2O/c20-15-18(17-4-2-1-3-5-17)14-16-6-8-19(9-7-16)21-10-12-22-13-11-21/h1-9,14H,10-13H2. The maximum absolute atomic E-state index is 9.36. The summed E-state index contributed by atoms with van der Waals surface area (Å²) in [5.74, 6) is 0. The summed E-state index contributed by atoms with van der Waals surface area (Å²) >= 11 is 0. The molecule has 0 atom stereocenters. The van der Waals surface area contributed by atoms with E-state index in [1.807, 2.05) is 36.4 Å². The zero-order valence-corrected chi connectivity index (χ0v) is 12.4. The average Bonchev–Trinajstić information content (AvgIpc) is 2.62. The van der Waals surface area contributed by atoms with E-state index in [0.29, 0.717) is 5.57 Å². The number of nitriles is 1. The second-order valence-electron chi connectivity index (χ2n) is 5.23. The normalized spacial score (nSPS) is 15.4. The molecule has 0 saturated carbocycles. The Hall–Kier alpha value is -2.57. The minimum atomic E-state index is 0.680. The third-order valence-corrected chi connectivity index (χ3v) is 3.79. The van der Waals surface area contributed by atoms with Crippen LogP contribution in [0.15, 0.2) is 54.6 Å². The molecule has 0 aromatic heterocycles. The summed E-state index contributed by atoms with van der Waals surface area (Å²) in [4.78, 5) is 2.32. The molecule has 3 heteroatoms. The maximum Gasteiger partial charge on any atom is 0.0998 e. The molecule has 0 amide bonds. The molecule has 3 rings (SSSR count). The minimum Gasteiger partial charge on any atom is -0.378 e. The molecule has 0 spiro atoms. The van der Waals surface area contributed by atoms with Gasteiger partial charge in [0.05, 0.1) is 24.9 Å². The summed E-state index contributed by atoms with van der Waals surface area (Å²) in [6.07, 6.45) is 1.93. The quantitative estimate of drug-likeness (QED) is 0.640. The van der Waals surface area contributed by atoms with E-state index in [-0.39, 0.29) is 0 Å². The zero-order chi connectivity index (χ0) is 15.2. The predicted octanol–water partition coefficient (Wildman–Crippen LogP) is 3.59. The molecule has 1 heterocycles. The summed E-state index contributed by atoms with van der Waals surface area (Å²) in [6.45, 7) is 3.44. The molecule has 1 aliphatic heterocycles. The van der Waals surface area contributed by atoms with E-state index in [1.54, 1.807) is 0 Å². The van der Waals surface area contributed by atoms with Crippen LogP contribution in [0.3, 0.4) is 0 Å². The van der Waals surface area contributed by atoms with Crippen LogP contribution in [-0.2, 0) is 4.74 Å². The van der Waals surface area contributed by atoms with Crippen molar-refractivity contribution < 1.29 is 4.74 Å². The van der Waals surface area contributed by atoms with Crippen molar-refractivity contribution in [1.29, 1.82) is 5.26 Å². The first-order valence-electron chi connectivity index (χ1n) is 7.47. The molecular weight excluding hydrogens is 272 g/mol. The smallest absolute Gasteiger partial charge is 0.0998 e.